The lowest BCUT2D eigenvalue weighted by molar-refractivity contribution is -0.294. The molecule has 5 nitrogen and oxygen atoms in total. The summed E-state index contributed by atoms with van der Waals surface area (Å²) in [6.07, 6.45) is 2.48. The van der Waals surface area contributed by atoms with Gasteiger partial charge in [-0.05, 0) is 85.9 Å². The average molecular weight is 465 g/mol. The minimum absolute atomic E-state index is 0.0101. The maximum absolute atomic E-state index is 11.6. The van der Waals surface area contributed by atoms with Crippen LogP contribution in [0.15, 0.2) is 12.2 Å². The number of hydrogen-bond donors (Lipinski definition) is 5. The van der Waals surface area contributed by atoms with Gasteiger partial charge in [0.25, 0.3) is 0 Å². The summed E-state index contributed by atoms with van der Waals surface area (Å²) in [6.45, 7) is 15.2. The maximum Gasteiger partial charge on any atom is 0.101 e. The number of hydrogen-bond acceptors (Lipinski definition) is 5. The Morgan fingerprint density at radius 3 is 2.27 bits per heavy atom. The number of aliphatic hydroxyl groups excluding tert-OH is 4. The van der Waals surface area contributed by atoms with Gasteiger partial charge in [-0.2, -0.15) is 0 Å². The summed E-state index contributed by atoms with van der Waals surface area (Å²) in [7, 11) is 0. The minimum atomic E-state index is -1.47. The number of rotatable bonds is 5. The lowest BCUT2D eigenvalue weighted by Gasteiger charge is -2.66. The smallest absolute Gasteiger partial charge is 0.101 e. The number of allylic oxidation sites excluding steroid dienone is 1. The Hall–Kier alpha value is -0.460. The normalized spacial score (nSPS) is 52.7. The highest BCUT2D eigenvalue weighted by atomic mass is 16.4. The Balaban J connectivity index is 1.60. The Bertz CT molecular complexity index is 753. The van der Waals surface area contributed by atoms with Crippen molar-refractivity contribution in [3.05, 3.63) is 12.2 Å². The van der Waals surface area contributed by atoms with Crippen LogP contribution >= 0.6 is 0 Å². The van der Waals surface area contributed by atoms with Gasteiger partial charge in [0.2, 0.25) is 0 Å². The first-order valence-corrected chi connectivity index (χ1v) is 13.4. The third-order valence-corrected chi connectivity index (χ3v) is 11.4. The quantitative estimate of drug-likeness (QED) is 0.400. The molecule has 0 bridgehead atoms. The van der Waals surface area contributed by atoms with Gasteiger partial charge >= 0.3 is 0 Å². The SMILES string of the molecule is C=C(CCC(C)C1C(O)CC2C3CC(O)C4(O)CC(O)CC(O)C4(C)C3CCC21C)C(C)C. The highest BCUT2D eigenvalue weighted by Gasteiger charge is 2.70. The van der Waals surface area contributed by atoms with E-state index in [1.807, 2.05) is 6.92 Å². The molecule has 0 aromatic heterocycles. The molecule has 4 aliphatic rings. The second kappa shape index (κ2) is 8.58. The Morgan fingerprint density at radius 1 is 0.970 bits per heavy atom. The van der Waals surface area contributed by atoms with Gasteiger partial charge in [0.15, 0.2) is 0 Å². The first-order valence-electron chi connectivity index (χ1n) is 13.4. The third kappa shape index (κ3) is 3.67. The van der Waals surface area contributed by atoms with E-state index in [0.29, 0.717) is 18.3 Å². The molecule has 0 aliphatic heterocycles. The fourth-order valence-electron chi connectivity index (χ4n) is 9.29. The van der Waals surface area contributed by atoms with Crippen molar-refractivity contribution in [2.75, 3.05) is 0 Å². The molecule has 4 rings (SSSR count). The van der Waals surface area contributed by atoms with Crippen LogP contribution in [-0.2, 0) is 0 Å². The summed E-state index contributed by atoms with van der Waals surface area (Å²) < 4.78 is 0. The molecule has 0 spiro atoms. The molecule has 0 saturated heterocycles. The molecule has 4 aliphatic carbocycles. The standard InChI is InChI=1S/C28H48O5/c1-15(2)16(3)7-8-17(4)25-22(30)13-21-19-12-24(32)28(33)14-18(29)11-23(31)27(28,6)20(19)9-10-26(21,25)5/h15,17-25,29-33H,3,7-14H2,1-2,4-6H3. The van der Waals surface area contributed by atoms with Gasteiger partial charge in [-0.15, -0.1) is 0 Å². The monoisotopic (exact) mass is 464 g/mol. The van der Waals surface area contributed by atoms with Gasteiger partial charge < -0.3 is 25.5 Å². The Morgan fingerprint density at radius 2 is 1.64 bits per heavy atom. The molecule has 0 aromatic carbocycles. The zero-order valence-electron chi connectivity index (χ0n) is 21.4. The van der Waals surface area contributed by atoms with Crippen LogP contribution in [-0.4, -0.2) is 55.5 Å². The summed E-state index contributed by atoms with van der Waals surface area (Å²) in [5, 5.41) is 55.6. The van der Waals surface area contributed by atoms with E-state index in [1.165, 1.54) is 5.57 Å². The van der Waals surface area contributed by atoms with Crippen LogP contribution in [0.25, 0.3) is 0 Å². The fraction of sp³-hybridized carbons (Fsp3) is 0.929. The van der Waals surface area contributed by atoms with Crippen LogP contribution in [0.5, 0.6) is 0 Å². The van der Waals surface area contributed by atoms with Crippen molar-refractivity contribution in [1.29, 1.82) is 0 Å². The van der Waals surface area contributed by atoms with Gasteiger partial charge in [0.05, 0.1) is 24.4 Å². The lowest BCUT2D eigenvalue weighted by atomic mass is 9.41. The Labute approximate surface area is 200 Å². The van der Waals surface area contributed by atoms with Crippen LogP contribution in [0.2, 0.25) is 0 Å². The molecule has 0 heterocycles. The van der Waals surface area contributed by atoms with Gasteiger partial charge in [-0.25, -0.2) is 0 Å². The largest absolute Gasteiger partial charge is 0.393 e. The van der Waals surface area contributed by atoms with E-state index in [4.69, 9.17) is 0 Å². The molecule has 4 fully saturated rings. The van der Waals surface area contributed by atoms with Crippen molar-refractivity contribution in [1.82, 2.24) is 0 Å². The van der Waals surface area contributed by atoms with Crippen molar-refractivity contribution in [3.8, 4) is 0 Å². The second-order valence-corrected chi connectivity index (χ2v) is 13.1. The number of fused-ring (bicyclic) bond motifs is 5. The Kier molecular flexibility index (Phi) is 6.67. The number of aliphatic hydroxyl groups is 5. The fourth-order valence-corrected chi connectivity index (χ4v) is 9.29. The molecule has 33 heavy (non-hydrogen) atoms. The predicted octanol–water partition coefficient (Wildman–Crippen LogP) is 3.66. The molecule has 190 valence electrons. The van der Waals surface area contributed by atoms with E-state index in [-0.39, 0.29) is 48.0 Å². The molecule has 5 heteroatoms. The summed E-state index contributed by atoms with van der Waals surface area (Å²) in [5.41, 5.74) is -1.06. The van der Waals surface area contributed by atoms with E-state index < -0.39 is 29.3 Å². The van der Waals surface area contributed by atoms with E-state index in [2.05, 4.69) is 34.3 Å². The summed E-state index contributed by atoms with van der Waals surface area (Å²) in [6, 6.07) is 0. The lowest BCUT2D eigenvalue weighted by Crippen LogP contribution is -2.72. The van der Waals surface area contributed by atoms with Crippen LogP contribution in [0.3, 0.4) is 0 Å². The van der Waals surface area contributed by atoms with E-state index in [9.17, 15) is 25.5 Å². The molecule has 0 aromatic rings. The van der Waals surface area contributed by atoms with Gasteiger partial charge in [0.1, 0.15) is 5.60 Å². The van der Waals surface area contributed by atoms with E-state index in [0.717, 1.165) is 32.1 Å². The third-order valence-electron chi connectivity index (χ3n) is 11.4. The second-order valence-electron chi connectivity index (χ2n) is 13.1. The van der Waals surface area contributed by atoms with Crippen LogP contribution < -0.4 is 0 Å². The summed E-state index contributed by atoms with van der Waals surface area (Å²) in [4.78, 5) is 0. The van der Waals surface area contributed by atoms with Crippen LogP contribution in [0, 0.1) is 46.3 Å². The van der Waals surface area contributed by atoms with Crippen LogP contribution in [0.1, 0.15) is 86.0 Å². The summed E-state index contributed by atoms with van der Waals surface area (Å²) in [5.74, 6) is 1.58. The first kappa shape index (κ1) is 25.6. The maximum atomic E-state index is 11.6. The highest BCUT2D eigenvalue weighted by molar-refractivity contribution is 5.20. The minimum Gasteiger partial charge on any atom is -0.393 e. The zero-order chi connectivity index (χ0) is 24.5. The molecular formula is C28H48O5. The zero-order valence-corrected chi connectivity index (χ0v) is 21.4. The van der Waals surface area contributed by atoms with E-state index >= 15 is 0 Å². The predicted molar refractivity (Wildman–Crippen MR) is 129 cm³/mol. The van der Waals surface area contributed by atoms with Crippen molar-refractivity contribution < 1.29 is 25.5 Å². The average Bonchev–Trinajstić information content (AvgIpc) is 2.99. The van der Waals surface area contributed by atoms with Crippen molar-refractivity contribution in [2.24, 2.45) is 46.3 Å². The van der Waals surface area contributed by atoms with Gasteiger partial charge in [0, 0.05) is 11.8 Å². The van der Waals surface area contributed by atoms with Crippen molar-refractivity contribution >= 4 is 0 Å². The van der Waals surface area contributed by atoms with Gasteiger partial charge in [-0.1, -0.05) is 46.8 Å². The molecule has 0 amide bonds. The first-order chi connectivity index (χ1) is 15.3. The molecule has 0 radical (unpaired) electrons. The molecule has 5 N–H and O–H groups in total. The topological polar surface area (TPSA) is 101 Å². The van der Waals surface area contributed by atoms with Crippen molar-refractivity contribution in [2.45, 2.75) is 116 Å². The molecule has 12 unspecified atom stereocenters. The molecule has 4 saturated carbocycles. The highest BCUT2D eigenvalue weighted by Crippen LogP contribution is 2.69. The van der Waals surface area contributed by atoms with Crippen LogP contribution in [0.4, 0.5) is 0 Å². The van der Waals surface area contributed by atoms with E-state index in [1.54, 1.807) is 0 Å². The molecule has 12 atom stereocenters. The molecular weight excluding hydrogens is 416 g/mol. The van der Waals surface area contributed by atoms with Gasteiger partial charge in [-0.3, -0.25) is 0 Å². The summed E-state index contributed by atoms with van der Waals surface area (Å²) >= 11 is 0. The van der Waals surface area contributed by atoms with Crippen molar-refractivity contribution in [3.63, 3.8) is 0 Å².